The fourth-order valence-corrected chi connectivity index (χ4v) is 2.27. The van der Waals surface area contributed by atoms with Gasteiger partial charge < -0.3 is 10.4 Å². The molecule has 0 amide bonds. The highest BCUT2D eigenvalue weighted by molar-refractivity contribution is 9.10. The molecule has 0 saturated heterocycles. The monoisotopic (exact) mass is 327 g/mol. The molecule has 102 valence electrons. The molecule has 1 heterocycles. The molecule has 19 heavy (non-hydrogen) atoms. The molecule has 2 N–H and O–H groups in total. The van der Waals surface area contributed by atoms with E-state index < -0.39 is 6.10 Å². The van der Waals surface area contributed by atoms with Crippen LogP contribution in [-0.4, -0.2) is 21.4 Å². The average Bonchev–Trinajstić information content (AvgIpc) is 2.68. The van der Waals surface area contributed by atoms with Crippen molar-refractivity contribution in [3.8, 4) is 0 Å². The molecule has 0 aliphatic heterocycles. The van der Waals surface area contributed by atoms with E-state index in [0.29, 0.717) is 18.7 Å². The van der Waals surface area contributed by atoms with Gasteiger partial charge in [0, 0.05) is 26.3 Å². The van der Waals surface area contributed by atoms with Gasteiger partial charge in [-0.3, -0.25) is 4.68 Å². The van der Waals surface area contributed by atoms with E-state index in [2.05, 4.69) is 26.3 Å². The fraction of sp³-hybridized carbons (Fsp3) is 0.308. The van der Waals surface area contributed by atoms with Gasteiger partial charge in [0.1, 0.15) is 5.82 Å². The lowest BCUT2D eigenvalue weighted by Crippen LogP contribution is -2.21. The van der Waals surface area contributed by atoms with Crippen molar-refractivity contribution in [3.05, 3.63) is 52.0 Å². The molecular formula is C13H15BrFN3O. The number of aliphatic hydroxyl groups is 1. The molecule has 1 atom stereocenters. The normalized spacial score (nSPS) is 12.6. The van der Waals surface area contributed by atoms with E-state index in [4.69, 9.17) is 0 Å². The largest absolute Gasteiger partial charge is 0.387 e. The Balaban J connectivity index is 1.85. The molecule has 4 nitrogen and oxygen atoms in total. The van der Waals surface area contributed by atoms with Crippen LogP contribution in [0.2, 0.25) is 0 Å². The second kappa shape index (κ2) is 6.27. The summed E-state index contributed by atoms with van der Waals surface area (Å²) >= 11 is 3.41. The predicted octanol–water partition coefficient (Wildman–Crippen LogP) is 2.14. The lowest BCUT2D eigenvalue weighted by molar-refractivity contribution is 0.174. The number of nitrogens with zero attached hydrogens (tertiary/aromatic N) is 2. The van der Waals surface area contributed by atoms with Gasteiger partial charge in [0.25, 0.3) is 0 Å². The molecule has 0 bridgehead atoms. The molecule has 1 aromatic carbocycles. The number of aliphatic hydroxyl groups excluding tert-OH is 1. The van der Waals surface area contributed by atoms with E-state index in [0.717, 1.165) is 10.2 Å². The third-order valence-corrected chi connectivity index (χ3v) is 3.40. The highest BCUT2D eigenvalue weighted by Gasteiger charge is 2.09. The van der Waals surface area contributed by atoms with Crippen molar-refractivity contribution in [1.29, 1.82) is 0 Å². The summed E-state index contributed by atoms with van der Waals surface area (Å²) in [6, 6.07) is 5.85. The molecule has 0 spiro atoms. The first kappa shape index (κ1) is 14.2. The Morgan fingerprint density at radius 2 is 2.11 bits per heavy atom. The number of nitrogens with one attached hydrogen (secondary N) is 1. The van der Waals surface area contributed by atoms with Crippen LogP contribution in [0.1, 0.15) is 17.4 Å². The number of rotatable bonds is 5. The number of halogens is 2. The van der Waals surface area contributed by atoms with Crippen LogP contribution in [0.25, 0.3) is 0 Å². The number of hydrogen-bond donors (Lipinski definition) is 2. The van der Waals surface area contributed by atoms with E-state index in [1.807, 2.05) is 13.2 Å². The van der Waals surface area contributed by atoms with Crippen LogP contribution in [-0.2, 0) is 13.6 Å². The van der Waals surface area contributed by atoms with Gasteiger partial charge >= 0.3 is 0 Å². The lowest BCUT2D eigenvalue weighted by Gasteiger charge is -2.11. The predicted molar refractivity (Wildman–Crippen MR) is 74.0 cm³/mol. The summed E-state index contributed by atoms with van der Waals surface area (Å²) in [7, 11) is 1.85. The van der Waals surface area contributed by atoms with Crippen LogP contribution < -0.4 is 5.32 Å². The zero-order valence-electron chi connectivity index (χ0n) is 10.5. The van der Waals surface area contributed by atoms with Crippen molar-refractivity contribution < 1.29 is 9.50 Å². The first-order valence-electron chi connectivity index (χ1n) is 5.88. The molecule has 0 radical (unpaired) electrons. The molecule has 2 rings (SSSR count). The SMILES string of the molecule is Cn1cc(Br)c(CNC[C@@H](O)c2ccc(F)cc2)n1. The Morgan fingerprint density at radius 1 is 1.42 bits per heavy atom. The van der Waals surface area contributed by atoms with Gasteiger partial charge in [0.15, 0.2) is 0 Å². The van der Waals surface area contributed by atoms with Crippen molar-refractivity contribution in [2.45, 2.75) is 12.6 Å². The van der Waals surface area contributed by atoms with Crippen molar-refractivity contribution in [3.63, 3.8) is 0 Å². The second-order valence-corrected chi connectivity index (χ2v) is 5.15. The molecule has 2 aromatic rings. The lowest BCUT2D eigenvalue weighted by atomic mass is 10.1. The number of aryl methyl sites for hydroxylation is 1. The topological polar surface area (TPSA) is 50.1 Å². The quantitative estimate of drug-likeness (QED) is 0.884. The summed E-state index contributed by atoms with van der Waals surface area (Å²) in [6.07, 6.45) is 1.20. The van der Waals surface area contributed by atoms with Crippen LogP contribution in [0, 0.1) is 5.82 Å². The average molecular weight is 328 g/mol. The number of hydrogen-bond acceptors (Lipinski definition) is 3. The standard InChI is InChI=1S/C13H15BrFN3O/c1-18-8-11(14)12(17-18)6-16-7-13(19)9-2-4-10(15)5-3-9/h2-5,8,13,16,19H,6-7H2,1H3/t13-/m1/s1. The number of aromatic nitrogens is 2. The molecule has 6 heteroatoms. The molecule has 0 unspecified atom stereocenters. The maximum absolute atomic E-state index is 12.8. The van der Waals surface area contributed by atoms with Gasteiger partial charge in [-0.15, -0.1) is 0 Å². The van der Waals surface area contributed by atoms with Gasteiger partial charge in [-0.05, 0) is 33.6 Å². The first-order valence-corrected chi connectivity index (χ1v) is 6.68. The summed E-state index contributed by atoms with van der Waals surface area (Å²) in [5.41, 5.74) is 1.57. The maximum Gasteiger partial charge on any atom is 0.123 e. The van der Waals surface area contributed by atoms with Crippen LogP contribution in [0.5, 0.6) is 0 Å². The van der Waals surface area contributed by atoms with Crippen molar-refractivity contribution in [2.24, 2.45) is 7.05 Å². The van der Waals surface area contributed by atoms with Crippen molar-refractivity contribution >= 4 is 15.9 Å². The molecular weight excluding hydrogens is 313 g/mol. The summed E-state index contributed by atoms with van der Waals surface area (Å²) < 4.78 is 15.4. The zero-order valence-corrected chi connectivity index (χ0v) is 12.1. The van der Waals surface area contributed by atoms with Gasteiger partial charge in [-0.25, -0.2) is 4.39 Å². The van der Waals surface area contributed by atoms with E-state index in [1.165, 1.54) is 12.1 Å². The maximum atomic E-state index is 12.8. The Morgan fingerprint density at radius 3 is 2.68 bits per heavy atom. The molecule has 1 aromatic heterocycles. The van der Waals surface area contributed by atoms with Gasteiger partial charge in [-0.2, -0.15) is 5.10 Å². The van der Waals surface area contributed by atoms with E-state index in [9.17, 15) is 9.50 Å². The summed E-state index contributed by atoms with van der Waals surface area (Å²) in [6.45, 7) is 0.939. The molecule has 0 fully saturated rings. The minimum absolute atomic E-state index is 0.304. The third-order valence-electron chi connectivity index (χ3n) is 2.74. The Hall–Kier alpha value is -1.24. The molecule has 0 aliphatic rings. The Bertz CT molecular complexity index is 541. The Kier molecular flexibility index (Phi) is 4.68. The van der Waals surface area contributed by atoms with Gasteiger partial charge in [-0.1, -0.05) is 12.1 Å². The minimum Gasteiger partial charge on any atom is -0.387 e. The second-order valence-electron chi connectivity index (χ2n) is 4.30. The van der Waals surface area contributed by atoms with E-state index >= 15 is 0 Å². The van der Waals surface area contributed by atoms with E-state index in [1.54, 1.807) is 16.8 Å². The minimum atomic E-state index is -0.664. The summed E-state index contributed by atoms with van der Waals surface area (Å²) in [4.78, 5) is 0. The van der Waals surface area contributed by atoms with Crippen LogP contribution >= 0.6 is 15.9 Å². The van der Waals surface area contributed by atoms with Crippen LogP contribution in [0.4, 0.5) is 4.39 Å². The smallest absolute Gasteiger partial charge is 0.123 e. The highest BCUT2D eigenvalue weighted by atomic mass is 79.9. The summed E-state index contributed by atoms with van der Waals surface area (Å²) in [5, 5.41) is 17.3. The van der Waals surface area contributed by atoms with Crippen molar-refractivity contribution in [2.75, 3.05) is 6.54 Å². The summed E-state index contributed by atoms with van der Waals surface area (Å²) in [5.74, 6) is -0.304. The highest BCUT2D eigenvalue weighted by Crippen LogP contribution is 2.15. The zero-order chi connectivity index (χ0) is 13.8. The van der Waals surface area contributed by atoms with Crippen LogP contribution in [0.3, 0.4) is 0 Å². The Labute approximate surface area is 119 Å². The fourth-order valence-electron chi connectivity index (χ4n) is 1.76. The number of benzene rings is 1. The van der Waals surface area contributed by atoms with Crippen molar-refractivity contribution in [1.82, 2.24) is 15.1 Å². The van der Waals surface area contributed by atoms with Gasteiger partial charge in [0.2, 0.25) is 0 Å². The molecule has 0 aliphatic carbocycles. The molecule has 0 saturated carbocycles. The van der Waals surface area contributed by atoms with E-state index in [-0.39, 0.29) is 5.82 Å². The first-order chi connectivity index (χ1) is 9.06. The van der Waals surface area contributed by atoms with Crippen LogP contribution in [0.15, 0.2) is 34.9 Å². The van der Waals surface area contributed by atoms with Gasteiger partial charge in [0.05, 0.1) is 16.3 Å². The third kappa shape index (κ3) is 3.86.